The molecule has 1 unspecified atom stereocenters. The van der Waals surface area contributed by atoms with Gasteiger partial charge in [-0.2, -0.15) is 0 Å². The molecule has 21 heavy (non-hydrogen) atoms. The summed E-state index contributed by atoms with van der Waals surface area (Å²) in [6.07, 6.45) is 1.79. The van der Waals surface area contributed by atoms with Gasteiger partial charge in [-0.3, -0.25) is 4.98 Å². The Bertz CT molecular complexity index is 786. The summed E-state index contributed by atoms with van der Waals surface area (Å²) in [5.41, 5.74) is 9.79. The third-order valence-electron chi connectivity index (χ3n) is 3.52. The maximum atomic E-state index is 5.99. The molecule has 3 aromatic rings. The fourth-order valence-corrected chi connectivity index (χ4v) is 2.83. The van der Waals surface area contributed by atoms with Crippen LogP contribution in [-0.2, 0) is 0 Å². The molecule has 0 spiro atoms. The molecule has 0 aliphatic heterocycles. The Balaban J connectivity index is 1.97. The molecule has 4 heteroatoms. The van der Waals surface area contributed by atoms with Crippen molar-refractivity contribution in [1.29, 1.82) is 0 Å². The first-order chi connectivity index (χ1) is 10.1. The molecule has 0 fully saturated rings. The van der Waals surface area contributed by atoms with E-state index in [9.17, 15) is 0 Å². The van der Waals surface area contributed by atoms with Gasteiger partial charge in [-0.1, -0.05) is 40.2 Å². The van der Waals surface area contributed by atoms with Gasteiger partial charge in [-0.25, -0.2) is 0 Å². The van der Waals surface area contributed by atoms with Crippen LogP contribution in [0.5, 0.6) is 0 Å². The number of hydrogen-bond acceptors (Lipinski definition) is 3. The van der Waals surface area contributed by atoms with Gasteiger partial charge in [0.15, 0.2) is 0 Å². The fourth-order valence-electron chi connectivity index (χ4n) is 2.42. The van der Waals surface area contributed by atoms with E-state index in [-0.39, 0.29) is 6.04 Å². The number of nitrogens with zero attached hydrogens (tertiary/aromatic N) is 1. The Morgan fingerprint density at radius 2 is 1.95 bits per heavy atom. The van der Waals surface area contributed by atoms with Crippen molar-refractivity contribution < 1.29 is 0 Å². The number of rotatable bonds is 3. The summed E-state index contributed by atoms with van der Waals surface area (Å²) in [5.74, 6) is 0. The number of anilines is 2. The maximum Gasteiger partial charge on any atom is 0.0951 e. The van der Waals surface area contributed by atoms with Crippen molar-refractivity contribution in [2.75, 3.05) is 11.1 Å². The molecule has 3 nitrogen and oxygen atoms in total. The minimum Gasteiger partial charge on any atom is -0.397 e. The van der Waals surface area contributed by atoms with E-state index in [0.29, 0.717) is 5.69 Å². The Kier molecular flexibility index (Phi) is 3.80. The minimum absolute atomic E-state index is 0.189. The maximum absolute atomic E-state index is 5.99. The SMILES string of the molecule is CC(Nc1ccnc2c(N)cccc12)c1cccc(Br)c1. The number of nitrogen functional groups attached to an aromatic ring is 1. The van der Waals surface area contributed by atoms with Gasteiger partial charge in [0.2, 0.25) is 0 Å². The monoisotopic (exact) mass is 341 g/mol. The molecule has 2 aromatic carbocycles. The van der Waals surface area contributed by atoms with Gasteiger partial charge in [0, 0.05) is 27.8 Å². The highest BCUT2D eigenvalue weighted by Gasteiger charge is 2.09. The second-order valence-corrected chi connectivity index (χ2v) is 5.94. The summed E-state index contributed by atoms with van der Waals surface area (Å²) in [4.78, 5) is 4.36. The van der Waals surface area contributed by atoms with Crippen LogP contribution in [0.4, 0.5) is 11.4 Å². The predicted octanol–water partition coefficient (Wildman–Crippen LogP) is 4.75. The second kappa shape index (κ2) is 5.74. The summed E-state index contributed by atoms with van der Waals surface area (Å²) in [6, 6.07) is 16.3. The summed E-state index contributed by atoms with van der Waals surface area (Å²) < 4.78 is 1.08. The van der Waals surface area contributed by atoms with E-state index in [4.69, 9.17) is 5.73 Å². The van der Waals surface area contributed by atoms with Gasteiger partial charge in [0.1, 0.15) is 0 Å². The van der Waals surface area contributed by atoms with E-state index >= 15 is 0 Å². The van der Waals surface area contributed by atoms with Gasteiger partial charge in [-0.15, -0.1) is 0 Å². The van der Waals surface area contributed by atoms with Gasteiger partial charge < -0.3 is 11.1 Å². The Hall–Kier alpha value is -2.07. The third kappa shape index (κ3) is 2.85. The van der Waals surface area contributed by atoms with E-state index in [1.54, 1.807) is 6.20 Å². The van der Waals surface area contributed by atoms with Crippen molar-refractivity contribution in [3.63, 3.8) is 0 Å². The minimum atomic E-state index is 0.189. The molecule has 106 valence electrons. The third-order valence-corrected chi connectivity index (χ3v) is 4.02. The molecule has 1 aromatic heterocycles. The first-order valence-electron chi connectivity index (χ1n) is 6.80. The number of aromatic nitrogens is 1. The molecule has 0 bridgehead atoms. The van der Waals surface area contributed by atoms with Crippen molar-refractivity contribution in [2.45, 2.75) is 13.0 Å². The van der Waals surface area contributed by atoms with E-state index in [1.807, 2.05) is 36.4 Å². The van der Waals surface area contributed by atoms with E-state index in [1.165, 1.54) is 5.56 Å². The van der Waals surface area contributed by atoms with Crippen LogP contribution in [0.1, 0.15) is 18.5 Å². The van der Waals surface area contributed by atoms with Gasteiger partial charge >= 0.3 is 0 Å². The summed E-state index contributed by atoms with van der Waals surface area (Å²) in [6.45, 7) is 2.14. The molecule has 1 heterocycles. The van der Waals surface area contributed by atoms with Crippen molar-refractivity contribution in [3.8, 4) is 0 Å². The van der Waals surface area contributed by atoms with Crippen LogP contribution in [0.25, 0.3) is 10.9 Å². The van der Waals surface area contributed by atoms with Crippen LogP contribution in [-0.4, -0.2) is 4.98 Å². The lowest BCUT2D eigenvalue weighted by atomic mass is 10.1. The number of benzene rings is 2. The zero-order valence-electron chi connectivity index (χ0n) is 11.7. The molecule has 0 aliphatic rings. The molecular weight excluding hydrogens is 326 g/mol. The largest absolute Gasteiger partial charge is 0.397 e. The lowest BCUT2D eigenvalue weighted by molar-refractivity contribution is 0.885. The highest BCUT2D eigenvalue weighted by molar-refractivity contribution is 9.10. The number of pyridine rings is 1. The molecule has 0 saturated heterocycles. The van der Waals surface area contributed by atoms with E-state index in [2.05, 4.69) is 45.3 Å². The van der Waals surface area contributed by atoms with Crippen LogP contribution in [0, 0.1) is 0 Å². The normalized spacial score (nSPS) is 12.3. The molecule has 0 radical (unpaired) electrons. The first kappa shape index (κ1) is 13.9. The average Bonchev–Trinajstić information content (AvgIpc) is 2.48. The lowest BCUT2D eigenvalue weighted by Crippen LogP contribution is -2.07. The van der Waals surface area contributed by atoms with Crippen molar-refractivity contribution in [3.05, 3.63) is 64.8 Å². The van der Waals surface area contributed by atoms with Crippen LogP contribution >= 0.6 is 15.9 Å². The highest BCUT2D eigenvalue weighted by Crippen LogP contribution is 2.29. The summed E-state index contributed by atoms with van der Waals surface area (Å²) in [5, 5.41) is 4.58. The number of para-hydroxylation sites is 1. The van der Waals surface area contributed by atoms with Crippen LogP contribution < -0.4 is 11.1 Å². The zero-order valence-corrected chi connectivity index (χ0v) is 13.3. The van der Waals surface area contributed by atoms with Crippen LogP contribution in [0.2, 0.25) is 0 Å². The van der Waals surface area contributed by atoms with Crippen LogP contribution in [0.15, 0.2) is 59.2 Å². The van der Waals surface area contributed by atoms with Gasteiger partial charge in [-0.05, 0) is 36.8 Å². The predicted molar refractivity (Wildman–Crippen MR) is 92.3 cm³/mol. The smallest absolute Gasteiger partial charge is 0.0951 e. The number of hydrogen-bond donors (Lipinski definition) is 2. The molecule has 3 rings (SSSR count). The molecule has 0 aliphatic carbocycles. The molecule has 3 N–H and O–H groups in total. The Morgan fingerprint density at radius 3 is 2.76 bits per heavy atom. The van der Waals surface area contributed by atoms with Crippen molar-refractivity contribution in [2.24, 2.45) is 0 Å². The zero-order chi connectivity index (χ0) is 14.8. The van der Waals surface area contributed by atoms with Crippen LogP contribution in [0.3, 0.4) is 0 Å². The van der Waals surface area contributed by atoms with Gasteiger partial charge in [0.05, 0.1) is 11.2 Å². The Labute approximate surface area is 132 Å². The molecular formula is C17H16BrN3. The average molecular weight is 342 g/mol. The molecule has 0 saturated carbocycles. The van der Waals surface area contributed by atoms with E-state index in [0.717, 1.165) is 21.1 Å². The Morgan fingerprint density at radius 1 is 1.14 bits per heavy atom. The summed E-state index contributed by atoms with van der Waals surface area (Å²) in [7, 11) is 0. The first-order valence-corrected chi connectivity index (χ1v) is 7.59. The quantitative estimate of drug-likeness (QED) is 0.675. The summed E-state index contributed by atoms with van der Waals surface area (Å²) >= 11 is 3.51. The standard InChI is InChI=1S/C17H16BrN3/c1-11(12-4-2-5-13(18)10-12)21-16-8-9-20-17-14(16)6-3-7-15(17)19/h2-11H,19H2,1H3,(H,20,21). The number of nitrogens with one attached hydrogen (secondary N) is 1. The van der Waals surface area contributed by atoms with Crippen molar-refractivity contribution in [1.82, 2.24) is 4.98 Å². The topological polar surface area (TPSA) is 50.9 Å². The lowest BCUT2D eigenvalue weighted by Gasteiger charge is -2.17. The second-order valence-electron chi connectivity index (χ2n) is 5.02. The molecule has 0 amide bonds. The number of fused-ring (bicyclic) bond motifs is 1. The van der Waals surface area contributed by atoms with Gasteiger partial charge in [0.25, 0.3) is 0 Å². The number of nitrogens with two attached hydrogens (primary N) is 1. The molecule has 1 atom stereocenters. The fraction of sp³-hybridized carbons (Fsp3) is 0.118. The highest BCUT2D eigenvalue weighted by atomic mass is 79.9. The number of halogens is 1. The van der Waals surface area contributed by atoms with E-state index < -0.39 is 0 Å². The van der Waals surface area contributed by atoms with Crippen molar-refractivity contribution >= 4 is 38.2 Å².